The van der Waals surface area contributed by atoms with Crippen molar-refractivity contribution in [3.8, 4) is 5.75 Å². The van der Waals surface area contributed by atoms with E-state index in [1.807, 2.05) is 51.4 Å². The standard InChI is InChI=1S/C19H34O7Si3/c1-21-16-14-12-11-13-15(16)17(22-2)18(23-3)19(20)24-29(10,25-27(4,5)6)26-28(7,8)9/h11-14H,1-10H3. The van der Waals surface area contributed by atoms with E-state index in [0.717, 1.165) is 0 Å². The second-order valence-electron chi connectivity index (χ2n) is 8.45. The molecule has 0 heterocycles. The zero-order valence-electron chi connectivity index (χ0n) is 19.2. The number of hydrogen-bond donors (Lipinski definition) is 0. The molecule has 0 radical (unpaired) electrons. The third-order valence-corrected chi connectivity index (χ3v) is 11.8. The van der Waals surface area contributed by atoms with Crippen LogP contribution >= 0.6 is 0 Å². The van der Waals surface area contributed by atoms with E-state index in [9.17, 15) is 4.79 Å². The highest BCUT2D eigenvalue weighted by Gasteiger charge is 2.47. The molecule has 1 aromatic carbocycles. The number of hydrogen-bond acceptors (Lipinski definition) is 7. The Hall–Kier alpha value is -1.60. The molecule has 0 unspecified atom stereocenters. The predicted molar refractivity (Wildman–Crippen MR) is 121 cm³/mol. The molecule has 0 aliphatic rings. The fourth-order valence-electron chi connectivity index (χ4n) is 2.82. The van der Waals surface area contributed by atoms with Gasteiger partial charge in [-0.25, -0.2) is 4.79 Å². The van der Waals surface area contributed by atoms with Crippen molar-refractivity contribution in [3.63, 3.8) is 0 Å². The fraction of sp³-hybridized carbons (Fsp3) is 0.526. The molecule has 0 aliphatic carbocycles. The van der Waals surface area contributed by atoms with Crippen LogP contribution in [0.5, 0.6) is 5.75 Å². The zero-order valence-corrected chi connectivity index (χ0v) is 22.2. The maximum atomic E-state index is 13.1. The molecular formula is C19H34O7Si3. The van der Waals surface area contributed by atoms with Gasteiger partial charge in [-0.05, 0) is 51.4 Å². The van der Waals surface area contributed by atoms with Gasteiger partial charge in [0.05, 0.1) is 26.9 Å². The number of carbonyl (C=O) groups is 1. The molecule has 29 heavy (non-hydrogen) atoms. The van der Waals surface area contributed by atoms with Crippen molar-refractivity contribution in [2.75, 3.05) is 21.3 Å². The third kappa shape index (κ3) is 7.97. The average Bonchev–Trinajstić information content (AvgIpc) is 2.55. The van der Waals surface area contributed by atoms with Gasteiger partial charge in [0.25, 0.3) is 0 Å². The van der Waals surface area contributed by atoms with E-state index in [4.69, 9.17) is 26.9 Å². The molecule has 164 valence electrons. The number of benzene rings is 1. The largest absolute Gasteiger partial charge is 0.543 e. The Morgan fingerprint density at radius 1 is 0.793 bits per heavy atom. The summed E-state index contributed by atoms with van der Waals surface area (Å²) >= 11 is 0. The van der Waals surface area contributed by atoms with Crippen LogP contribution in [0.4, 0.5) is 0 Å². The first-order valence-corrected chi connectivity index (χ1v) is 18.4. The van der Waals surface area contributed by atoms with E-state index >= 15 is 0 Å². The lowest BCUT2D eigenvalue weighted by Crippen LogP contribution is -2.55. The normalized spacial score (nSPS) is 13.4. The molecule has 0 spiro atoms. The molecule has 0 aromatic heterocycles. The van der Waals surface area contributed by atoms with Crippen molar-refractivity contribution in [3.05, 3.63) is 35.6 Å². The van der Waals surface area contributed by atoms with Gasteiger partial charge in [0, 0.05) is 6.55 Å². The summed E-state index contributed by atoms with van der Waals surface area (Å²) in [5.74, 6) is -0.00860. The highest BCUT2D eigenvalue weighted by atomic mass is 28.5. The van der Waals surface area contributed by atoms with Crippen LogP contribution in [0.25, 0.3) is 5.76 Å². The summed E-state index contributed by atoms with van der Waals surface area (Å²) in [5, 5.41) is 0. The summed E-state index contributed by atoms with van der Waals surface area (Å²) in [6.07, 6.45) is 0. The number of carbonyl (C=O) groups excluding carboxylic acids is 1. The molecule has 1 rings (SSSR count). The molecule has 0 bridgehead atoms. The topological polar surface area (TPSA) is 72.5 Å². The maximum absolute atomic E-state index is 13.1. The lowest BCUT2D eigenvalue weighted by Gasteiger charge is -2.36. The molecule has 0 amide bonds. The molecule has 0 aliphatic heterocycles. The van der Waals surface area contributed by atoms with Gasteiger partial charge in [-0.15, -0.1) is 0 Å². The van der Waals surface area contributed by atoms with Gasteiger partial charge in [-0.3, -0.25) is 0 Å². The van der Waals surface area contributed by atoms with Crippen molar-refractivity contribution in [1.82, 2.24) is 0 Å². The van der Waals surface area contributed by atoms with E-state index < -0.39 is 31.4 Å². The van der Waals surface area contributed by atoms with Crippen LogP contribution < -0.4 is 4.74 Å². The van der Waals surface area contributed by atoms with Crippen LogP contribution in [0.1, 0.15) is 5.56 Å². The van der Waals surface area contributed by atoms with Gasteiger partial charge in [-0.1, -0.05) is 12.1 Å². The molecule has 1 aromatic rings. The van der Waals surface area contributed by atoms with Crippen molar-refractivity contribution < 1.29 is 31.7 Å². The van der Waals surface area contributed by atoms with Crippen LogP contribution in [0, 0.1) is 0 Å². The predicted octanol–water partition coefficient (Wildman–Crippen LogP) is 4.47. The Morgan fingerprint density at radius 3 is 1.72 bits per heavy atom. The van der Waals surface area contributed by atoms with E-state index in [1.165, 1.54) is 14.2 Å². The summed E-state index contributed by atoms with van der Waals surface area (Å²) in [7, 11) is -2.96. The first-order chi connectivity index (χ1) is 13.2. The maximum Gasteiger partial charge on any atom is 0.543 e. The van der Waals surface area contributed by atoms with Gasteiger partial charge >= 0.3 is 14.8 Å². The van der Waals surface area contributed by atoms with E-state index in [2.05, 4.69) is 0 Å². The van der Waals surface area contributed by atoms with Gasteiger partial charge in [0.2, 0.25) is 5.76 Å². The molecule has 7 nitrogen and oxygen atoms in total. The Balaban J connectivity index is 3.38. The smallest absolute Gasteiger partial charge is 0.496 e. The average molecular weight is 459 g/mol. The molecular weight excluding hydrogens is 424 g/mol. The molecule has 0 saturated heterocycles. The SMILES string of the molecule is COC(C(=O)O[Si](C)(O[Si](C)(C)C)O[Si](C)(C)C)=C(OC)c1ccccc1OC. The summed E-state index contributed by atoms with van der Waals surface area (Å²) in [6, 6.07) is 7.19. The summed E-state index contributed by atoms with van der Waals surface area (Å²) in [6.45, 7) is 13.9. The van der Waals surface area contributed by atoms with Gasteiger partial charge in [-0.2, -0.15) is 0 Å². The van der Waals surface area contributed by atoms with Crippen LogP contribution in [-0.4, -0.2) is 52.7 Å². The van der Waals surface area contributed by atoms with Crippen LogP contribution in [-0.2, 0) is 26.9 Å². The zero-order chi connectivity index (χ0) is 22.5. The number of para-hydroxylation sites is 1. The second-order valence-corrected chi connectivity index (χ2v) is 20.5. The number of ether oxygens (including phenoxy) is 3. The Bertz CT molecular complexity index is 720. The number of rotatable bonds is 10. The van der Waals surface area contributed by atoms with Gasteiger partial charge < -0.3 is 26.9 Å². The van der Waals surface area contributed by atoms with Crippen LogP contribution in [0.3, 0.4) is 0 Å². The molecule has 10 heteroatoms. The quantitative estimate of drug-likeness (QED) is 0.291. The van der Waals surface area contributed by atoms with E-state index in [-0.39, 0.29) is 11.5 Å². The second kappa shape index (κ2) is 9.94. The highest BCUT2D eigenvalue weighted by Crippen LogP contribution is 2.30. The minimum Gasteiger partial charge on any atom is -0.496 e. The minimum absolute atomic E-state index is 0.0749. The van der Waals surface area contributed by atoms with Crippen molar-refractivity contribution in [2.24, 2.45) is 0 Å². The summed E-state index contributed by atoms with van der Waals surface area (Å²) in [5.41, 5.74) is 0.576. The molecule has 0 saturated carbocycles. The number of methoxy groups -OCH3 is 3. The molecule has 0 fully saturated rings. The Labute approximate surface area is 177 Å². The van der Waals surface area contributed by atoms with Crippen molar-refractivity contribution in [1.29, 1.82) is 0 Å². The monoisotopic (exact) mass is 458 g/mol. The van der Waals surface area contributed by atoms with Crippen molar-refractivity contribution >= 4 is 37.2 Å². The summed E-state index contributed by atoms with van der Waals surface area (Å²) < 4.78 is 34.6. The van der Waals surface area contributed by atoms with Crippen LogP contribution in [0.2, 0.25) is 45.8 Å². The minimum atomic E-state index is -3.27. The lowest BCUT2D eigenvalue weighted by molar-refractivity contribution is -0.136. The highest BCUT2D eigenvalue weighted by molar-refractivity contribution is 6.85. The molecule has 0 atom stereocenters. The van der Waals surface area contributed by atoms with E-state index in [0.29, 0.717) is 11.3 Å². The lowest BCUT2D eigenvalue weighted by atomic mass is 10.1. The van der Waals surface area contributed by atoms with Crippen LogP contribution in [0.15, 0.2) is 30.0 Å². The Morgan fingerprint density at radius 2 is 1.31 bits per heavy atom. The summed E-state index contributed by atoms with van der Waals surface area (Å²) in [4.78, 5) is 13.1. The third-order valence-electron chi connectivity index (χ3n) is 3.41. The first kappa shape index (κ1) is 25.4. The fourth-order valence-corrected chi connectivity index (χ4v) is 13.0. The van der Waals surface area contributed by atoms with Crippen molar-refractivity contribution in [2.45, 2.75) is 45.8 Å². The van der Waals surface area contributed by atoms with Gasteiger partial charge in [0.15, 0.2) is 22.4 Å². The molecule has 0 N–H and O–H groups in total. The van der Waals surface area contributed by atoms with E-state index in [1.54, 1.807) is 25.8 Å². The Kier molecular flexibility index (Phi) is 8.72. The first-order valence-electron chi connectivity index (χ1n) is 9.34. The van der Waals surface area contributed by atoms with Gasteiger partial charge in [0.1, 0.15) is 5.75 Å².